The van der Waals surface area contributed by atoms with E-state index < -0.39 is 5.60 Å². The van der Waals surface area contributed by atoms with Gasteiger partial charge in [0.2, 0.25) is 0 Å². The van der Waals surface area contributed by atoms with Gasteiger partial charge >= 0.3 is 6.09 Å². The Morgan fingerprint density at radius 1 is 0.909 bits per heavy atom. The van der Waals surface area contributed by atoms with Crippen LogP contribution in [0.1, 0.15) is 61.7 Å². The van der Waals surface area contributed by atoms with Gasteiger partial charge < -0.3 is 19.3 Å². The number of fused-ring (bicyclic) bond motifs is 1. The highest BCUT2D eigenvalue weighted by Crippen LogP contribution is 2.39. The minimum absolute atomic E-state index is 0.0359. The molecule has 1 fully saturated rings. The molecule has 0 spiro atoms. The Bertz CT molecular complexity index is 1640. The SMILES string of the molecule is COc1ccc(-c2ccc(Cl)cc2)cc1CN(C(=O)c1sc2ccccc2c1Cl)C1CCC(N(C)C(=O)OC(C)(C)C)CC1. The van der Waals surface area contributed by atoms with Crippen LogP contribution in [0.5, 0.6) is 5.75 Å². The molecule has 0 N–H and O–H groups in total. The Kier molecular flexibility index (Phi) is 9.78. The summed E-state index contributed by atoms with van der Waals surface area (Å²) in [4.78, 5) is 31.4. The van der Waals surface area contributed by atoms with Crippen LogP contribution in [0.25, 0.3) is 21.2 Å². The van der Waals surface area contributed by atoms with Crippen LogP contribution in [-0.4, -0.2) is 53.6 Å². The summed E-state index contributed by atoms with van der Waals surface area (Å²) in [5.41, 5.74) is 2.37. The van der Waals surface area contributed by atoms with Gasteiger partial charge in [-0.15, -0.1) is 11.3 Å². The van der Waals surface area contributed by atoms with Crippen molar-refractivity contribution in [2.24, 2.45) is 0 Å². The minimum atomic E-state index is -0.561. The third-order valence-corrected chi connectivity index (χ3v) is 10.0. The Hall–Kier alpha value is -3.26. The van der Waals surface area contributed by atoms with E-state index in [-0.39, 0.29) is 24.1 Å². The van der Waals surface area contributed by atoms with Gasteiger partial charge in [-0.3, -0.25) is 4.79 Å². The van der Waals surface area contributed by atoms with Crippen LogP contribution < -0.4 is 4.74 Å². The summed E-state index contributed by atoms with van der Waals surface area (Å²) in [6.07, 6.45) is 2.67. The Morgan fingerprint density at radius 3 is 2.18 bits per heavy atom. The maximum atomic E-state index is 14.4. The maximum absolute atomic E-state index is 14.4. The molecule has 44 heavy (non-hydrogen) atoms. The van der Waals surface area contributed by atoms with Crippen LogP contribution in [0.3, 0.4) is 0 Å². The summed E-state index contributed by atoms with van der Waals surface area (Å²) in [7, 11) is 3.44. The molecule has 6 nitrogen and oxygen atoms in total. The minimum Gasteiger partial charge on any atom is -0.496 e. The number of ether oxygens (including phenoxy) is 2. The van der Waals surface area contributed by atoms with Crippen molar-refractivity contribution in [3.8, 4) is 16.9 Å². The summed E-state index contributed by atoms with van der Waals surface area (Å²) in [5.74, 6) is 0.611. The zero-order valence-electron chi connectivity index (χ0n) is 25.7. The first kappa shape index (κ1) is 32.1. The fourth-order valence-corrected chi connectivity index (χ4v) is 7.39. The number of benzene rings is 3. The van der Waals surface area contributed by atoms with Crippen LogP contribution >= 0.6 is 34.5 Å². The maximum Gasteiger partial charge on any atom is 0.410 e. The second-order valence-corrected chi connectivity index (χ2v) is 14.1. The molecular weight excluding hydrogens is 615 g/mol. The largest absolute Gasteiger partial charge is 0.496 e. The van der Waals surface area contributed by atoms with Crippen molar-refractivity contribution in [3.63, 3.8) is 0 Å². The third-order valence-electron chi connectivity index (χ3n) is 8.12. The van der Waals surface area contributed by atoms with Gasteiger partial charge in [0, 0.05) is 46.3 Å². The molecule has 3 aromatic carbocycles. The standard InChI is InChI=1S/C35H38Cl2N2O4S/c1-35(2,3)43-34(41)38(4)26-15-17-27(18-16-26)39(33(40)32-31(37)28-8-6-7-9-30(28)44-32)21-24-20-23(12-19-29(24)42-5)22-10-13-25(36)14-11-22/h6-14,19-20,26-27H,15-18,21H2,1-5H3. The molecule has 0 radical (unpaired) electrons. The molecule has 0 aliphatic heterocycles. The van der Waals surface area contributed by atoms with Gasteiger partial charge in [-0.25, -0.2) is 4.79 Å². The molecule has 1 aliphatic carbocycles. The van der Waals surface area contributed by atoms with Crippen molar-refractivity contribution in [2.75, 3.05) is 14.2 Å². The molecule has 1 aliphatic rings. The highest BCUT2D eigenvalue weighted by atomic mass is 35.5. The van der Waals surface area contributed by atoms with Crippen LogP contribution in [0.2, 0.25) is 10.0 Å². The van der Waals surface area contributed by atoms with E-state index >= 15 is 0 Å². The third kappa shape index (κ3) is 7.17. The lowest BCUT2D eigenvalue weighted by Gasteiger charge is -2.40. The van der Waals surface area contributed by atoms with E-state index in [0.717, 1.165) is 52.5 Å². The number of amides is 2. The molecule has 2 amide bonds. The van der Waals surface area contributed by atoms with Crippen LogP contribution in [-0.2, 0) is 11.3 Å². The average molecular weight is 654 g/mol. The van der Waals surface area contributed by atoms with E-state index in [9.17, 15) is 9.59 Å². The number of methoxy groups -OCH3 is 1. The average Bonchev–Trinajstić information content (AvgIpc) is 3.35. The lowest BCUT2D eigenvalue weighted by Crippen LogP contribution is -2.47. The topological polar surface area (TPSA) is 59.1 Å². The van der Waals surface area contributed by atoms with E-state index in [2.05, 4.69) is 6.07 Å². The van der Waals surface area contributed by atoms with Crippen molar-refractivity contribution in [2.45, 2.75) is 70.7 Å². The van der Waals surface area contributed by atoms with Gasteiger partial charge in [0.25, 0.3) is 5.91 Å². The van der Waals surface area contributed by atoms with Gasteiger partial charge in [-0.05, 0) is 87.9 Å². The number of halogens is 2. The fourth-order valence-electron chi connectivity index (χ4n) is 5.80. The Morgan fingerprint density at radius 2 is 1.55 bits per heavy atom. The van der Waals surface area contributed by atoms with Gasteiger partial charge in [0.05, 0.1) is 12.1 Å². The highest BCUT2D eigenvalue weighted by Gasteiger charge is 2.35. The molecule has 232 valence electrons. The summed E-state index contributed by atoms with van der Waals surface area (Å²) in [6, 6.07) is 21.6. The molecule has 1 aromatic heterocycles. The summed E-state index contributed by atoms with van der Waals surface area (Å²) in [6.45, 7) is 5.96. The number of carbonyl (C=O) groups excluding carboxylic acids is 2. The quantitative estimate of drug-likeness (QED) is 0.199. The number of hydrogen-bond donors (Lipinski definition) is 0. The van der Waals surface area contributed by atoms with E-state index in [1.54, 1.807) is 19.1 Å². The van der Waals surface area contributed by atoms with Gasteiger partial charge in [-0.1, -0.05) is 59.6 Å². The van der Waals surface area contributed by atoms with Gasteiger partial charge in [0.15, 0.2) is 0 Å². The van der Waals surface area contributed by atoms with E-state index in [4.69, 9.17) is 32.7 Å². The first-order chi connectivity index (χ1) is 20.9. The van der Waals surface area contributed by atoms with E-state index in [1.807, 2.05) is 86.3 Å². The highest BCUT2D eigenvalue weighted by molar-refractivity contribution is 7.21. The number of rotatable bonds is 7. The predicted molar refractivity (Wildman–Crippen MR) is 180 cm³/mol. The number of hydrogen-bond acceptors (Lipinski definition) is 5. The number of nitrogens with zero attached hydrogens (tertiary/aromatic N) is 2. The second kappa shape index (κ2) is 13.4. The lowest BCUT2D eigenvalue weighted by atomic mass is 9.89. The van der Waals surface area contributed by atoms with E-state index in [1.165, 1.54) is 11.3 Å². The predicted octanol–water partition coefficient (Wildman–Crippen LogP) is 9.70. The van der Waals surface area contributed by atoms with Crippen LogP contribution in [0, 0.1) is 0 Å². The van der Waals surface area contributed by atoms with Crippen LogP contribution in [0.4, 0.5) is 4.79 Å². The van der Waals surface area contributed by atoms with Crippen LogP contribution in [0.15, 0.2) is 66.7 Å². The lowest BCUT2D eigenvalue weighted by molar-refractivity contribution is 0.0144. The first-order valence-electron chi connectivity index (χ1n) is 14.8. The van der Waals surface area contributed by atoms with Crippen molar-refractivity contribution in [3.05, 3.63) is 87.2 Å². The zero-order chi connectivity index (χ0) is 31.6. The smallest absolute Gasteiger partial charge is 0.410 e. The van der Waals surface area contributed by atoms with E-state index in [0.29, 0.717) is 27.2 Å². The zero-order valence-corrected chi connectivity index (χ0v) is 28.1. The van der Waals surface area contributed by atoms with Gasteiger partial charge in [-0.2, -0.15) is 0 Å². The monoisotopic (exact) mass is 652 g/mol. The summed E-state index contributed by atoms with van der Waals surface area (Å²) >= 11 is 14.4. The molecule has 5 rings (SSSR count). The number of thiophene rings is 1. The summed E-state index contributed by atoms with van der Waals surface area (Å²) in [5, 5.41) is 2.04. The van der Waals surface area contributed by atoms with Crippen molar-refractivity contribution in [1.82, 2.24) is 9.80 Å². The normalized spacial score (nSPS) is 16.9. The van der Waals surface area contributed by atoms with Crippen molar-refractivity contribution >= 4 is 56.6 Å². The van der Waals surface area contributed by atoms with Crippen molar-refractivity contribution in [1.29, 1.82) is 0 Å². The molecule has 0 bridgehead atoms. The fraction of sp³-hybridized carbons (Fsp3) is 0.371. The number of carbonyl (C=O) groups is 2. The summed E-state index contributed by atoms with van der Waals surface area (Å²) < 4.78 is 12.4. The molecule has 9 heteroatoms. The molecular formula is C35H38Cl2N2O4S. The van der Waals surface area contributed by atoms with Crippen molar-refractivity contribution < 1.29 is 19.1 Å². The molecule has 0 unspecified atom stereocenters. The first-order valence-corrected chi connectivity index (χ1v) is 16.4. The molecule has 1 heterocycles. The second-order valence-electron chi connectivity index (χ2n) is 12.3. The molecule has 4 aromatic rings. The Balaban J connectivity index is 1.45. The van der Waals surface area contributed by atoms with Gasteiger partial charge in [0.1, 0.15) is 16.2 Å². The molecule has 0 saturated heterocycles. The Labute approximate surface area is 273 Å². The molecule has 0 atom stereocenters. The molecule has 1 saturated carbocycles.